The Labute approximate surface area is 49.9 Å². The van der Waals surface area contributed by atoms with Gasteiger partial charge in [-0.1, -0.05) is 13.0 Å². The Hall–Kier alpha value is -0.920. The molecular formula is C6H12N2. The molecule has 0 aliphatic carbocycles. The van der Waals surface area contributed by atoms with Gasteiger partial charge in [-0.2, -0.15) is 0 Å². The van der Waals surface area contributed by atoms with E-state index in [1.807, 2.05) is 13.0 Å². The van der Waals surface area contributed by atoms with E-state index in [4.69, 9.17) is 11.5 Å². The average molecular weight is 112 g/mol. The molecule has 8 heavy (non-hydrogen) atoms. The molecular weight excluding hydrogens is 100 g/mol. The van der Waals surface area contributed by atoms with Crippen LogP contribution in [-0.4, -0.2) is 0 Å². The van der Waals surface area contributed by atoms with E-state index in [-0.39, 0.29) is 0 Å². The van der Waals surface area contributed by atoms with E-state index in [0.717, 1.165) is 12.1 Å². The molecule has 0 amide bonds. The van der Waals surface area contributed by atoms with Gasteiger partial charge in [0.25, 0.3) is 0 Å². The normalized spacial score (nSPS) is 12.9. The van der Waals surface area contributed by atoms with Crippen LogP contribution in [0.15, 0.2) is 24.0 Å². The Morgan fingerprint density at radius 1 is 1.62 bits per heavy atom. The molecule has 0 saturated carbocycles. The fraction of sp³-hybridized carbons (Fsp3) is 0.333. The highest BCUT2D eigenvalue weighted by Crippen LogP contribution is 1.86. The summed E-state index contributed by atoms with van der Waals surface area (Å²) in [5.74, 6) is 0. The maximum absolute atomic E-state index is 5.39. The quantitative estimate of drug-likeness (QED) is 0.517. The van der Waals surface area contributed by atoms with Crippen LogP contribution in [-0.2, 0) is 0 Å². The van der Waals surface area contributed by atoms with Crippen molar-refractivity contribution in [3.63, 3.8) is 0 Å². The van der Waals surface area contributed by atoms with Crippen molar-refractivity contribution in [1.82, 2.24) is 0 Å². The van der Waals surface area contributed by atoms with Crippen LogP contribution in [0.2, 0.25) is 0 Å². The number of hydrogen-bond acceptors (Lipinski definition) is 2. The van der Waals surface area contributed by atoms with Gasteiger partial charge in [-0.3, -0.25) is 0 Å². The second-order valence-corrected chi connectivity index (χ2v) is 1.47. The minimum Gasteiger partial charge on any atom is -0.405 e. The molecule has 0 aliphatic heterocycles. The monoisotopic (exact) mass is 112 g/mol. The lowest BCUT2D eigenvalue weighted by Gasteiger charge is -1.86. The van der Waals surface area contributed by atoms with Crippen molar-refractivity contribution in [3.8, 4) is 0 Å². The molecule has 0 atom stereocenters. The van der Waals surface area contributed by atoms with Crippen molar-refractivity contribution >= 4 is 0 Å². The van der Waals surface area contributed by atoms with Gasteiger partial charge in [0.1, 0.15) is 0 Å². The van der Waals surface area contributed by atoms with E-state index >= 15 is 0 Å². The summed E-state index contributed by atoms with van der Waals surface area (Å²) in [6, 6.07) is 0. The third kappa shape index (κ3) is 3.28. The number of allylic oxidation sites excluding steroid dienone is 2. The van der Waals surface area contributed by atoms with Crippen LogP contribution in [0.5, 0.6) is 0 Å². The van der Waals surface area contributed by atoms with Crippen LogP contribution < -0.4 is 11.5 Å². The van der Waals surface area contributed by atoms with Crippen molar-refractivity contribution in [2.75, 3.05) is 0 Å². The molecule has 0 heterocycles. The predicted molar refractivity (Wildman–Crippen MR) is 35.9 cm³/mol. The van der Waals surface area contributed by atoms with Crippen molar-refractivity contribution < 1.29 is 0 Å². The molecule has 0 aromatic heterocycles. The largest absolute Gasteiger partial charge is 0.405 e. The first-order valence-corrected chi connectivity index (χ1v) is 2.65. The first kappa shape index (κ1) is 7.08. The van der Waals surface area contributed by atoms with Crippen molar-refractivity contribution in [1.29, 1.82) is 0 Å². The van der Waals surface area contributed by atoms with Gasteiger partial charge in [-0.05, 0) is 18.7 Å². The summed E-state index contributed by atoms with van der Waals surface area (Å²) in [5, 5.41) is 0. The van der Waals surface area contributed by atoms with Gasteiger partial charge in [0.05, 0.1) is 0 Å². The van der Waals surface area contributed by atoms with Gasteiger partial charge in [-0.15, -0.1) is 0 Å². The Balaban J connectivity index is 3.61. The van der Waals surface area contributed by atoms with E-state index < -0.39 is 0 Å². The molecule has 2 nitrogen and oxygen atoms in total. The Morgan fingerprint density at radius 2 is 2.25 bits per heavy atom. The molecule has 0 aromatic rings. The van der Waals surface area contributed by atoms with Crippen LogP contribution in [0.25, 0.3) is 0 Å². The molecule has 2 heteroatoms. The van der Waals surface area contributed by atoms with Crippen LogP contribution in [0.4, 0.5) is 0 Å². The van der Waals surface area contributed by atoms with Crippen LogP contribution >= 0.6 is 0 Å². The van der Waals surface area contributed by atoms with E-state index in [9.17, 15) is 0 Å². The van der Waals surface area contributed by atoms with Crippen LogP contribution in [0.1, 0.15) is 13.3 Å². The van der Waals surface area contributed by atoms with Crippen molar-refractivity contribution in [2.45, 2.75) is 13.3 Å². The minimum absolute atomic E-state index is 0.731. The lowest BCUT2D eigenvalue weighted by atomic mass is 10.3. The lowest BCUT2D eigenvalue weighted by Crippen LogP contribution is -1.93. The zero-order chi connectivity index (χ0) is 6.41. The predicted octanol–water partition coefficient (Wildman–Crippen LogP) is 0.711. The first-order chi connectivity index (χ1) is 3.81. The highest BCUT2D eigenvalue weighted by atomic mass is 14.6. The Kier molecular flexibility index (Phi) is 3.76. The van der Waals surface area contributed by atoms with E-state index in [0.29, 0.717) is 0 Å². The molecule has 0 fully saturated rings. The molecule has 0 bridgehead atoms. The fourth-order valence-electron chi connectivity index (χ4n) is 0.415. The lowest BCUT2D eigenvalue weighted by molar-refractivity contribution is 1.18. The average Bonchev–Trinajstić information content (AvgIpc) is 1.68. The van der Waals surface area contributed by atoms with Gasteiger partial charge >= 0.3 is 0 Å². The van der Waals surface area contributed by atoms with Gasteiger partial charge in [-0.25, -0.2) is 0 Å². The van der Waals surface area contributed by atoms with Gasteiger partial charge in [0.2, 0.25) is 0 Å². The van der Waals surface area contributed by atoms with Gasteiger partial charge in [0, 0.05) is 5.70 Å². The topological polar surface area (TPSA) is 52.0 Å². The molecule has 0 radical (unpaired) electrons. The minimum atomic E-state index is 0.731. The molecule has 0 spiro atoms. The van der Waals surface area contributed by atoms with Gasteiger partial charge < -0.3 is 11.5 Å². The van der Waals surface area contributed by atoms with Crippen molar-refractivity contribution in [3.05, 3.63) is 24.0 Å². The zero-order valence-electron chi connectivity index (χ0n) is 5.09. The molecule has 0 unspecified atom stereocenters. The standard InChI is InChI=1S/C6H12N2/c1-2-3-6(8)4-5-7/h3-5H,2,7-8H2,1H3/b5-4+,6-3+. The molecule has 0 aliphatic rings. The highest BCUT2D eigenvalue weighted by Gasteiger charge is 1.74. The molecule has 46 valence electrons. The van der Waals surface area contributed by atoms with Crippen LogP contribution in [0.3, 0.4) is 0 Å². The first-order valence-electron chi connectivity index (χ1n) is 2.65. The second-order valence-electron chi connectivity index (χ2n) is 1.47. The number of rotatable bonds is 2. The van der Waals surface area contributed by atoms with E-state index in [1.165, 1.54) is 6.20 Å². The van der Waals surface area contributed by atoms with Gasteiger partial charge in [0.15, 0.2) is 0 Å². The summed E-state index contributed by atoms with van der Waals surface area (Å²) >= 11 is 0. The summed E-state index contributed by atoms with van der Waals surface area (Å²) in [5.41, 5.74) is 11.2. The molecule has 0 rings (SSSR count). The molecule has 0 aromatic carbocycles. The molecule has 4 N–H and O–H groups in total. The Bertz CT molecular complexity index is 103. The van der Waals surface area contributed by atoms with Crippen molar-refractivity contribution in [2.24, 2.45) is 11.5 Å². The third-order valence-corrected chi connectivity index (χ3v) is 0.729. The van der Waals surface area contributed by atoms with E-state index in [2.05, 4.69) is 0 Å². The second kappa shape index (κ2) is 4.24. The van der Waals surface area contributed by atoms with E-state index in [1.54, 1.807) is 6.08 Å². The van der Waals surface area contributed by atoms with Crippen LogP contribution in [0, 0.1) is 0 Å². The smallest absolute Gasteiger partial charge is 0.0287 e. The summed E-state index contributed by atoms with van der Waals surface area (Å²) in [7, 11) is 0. The fourth-order valence-corrected chi connectivity index (χ4v) is 0.415. The Morgan fingerprint density at radius 3 is 2.62 bits per heavy atom. The number of nitrogens with two attached hydrogens (primary N) is 2. The summed E-state index contributed by atoms with van der Waals surface area (Å²) in [6.07, 6.45) is 5.96. The third-order valence-electron chi connectivity index (χ3n) is 0.729. The summed E-state index contributed by atoms with van der Waals surface area (Å²) in [4.78, 5) is 0. The maximum atomic E-state index is 5.39. The summed E-state index contributed by atoms with van der Waals surface area (Å²) < 4.78 is 0. The SMILES string of the molecule is CC/C=C(N)\C=C\N. The summed E-state index contributed by atoms with van der Waals surface area (Å²) in [6.45, 7) is 2.03. The number of hydrogen-bond donors (Lipinski definition) is 2. The highest BCUT2D eigenvalue weighted by molar-refractivity contribution is 5.12. The molecule has 0 saturated heterocycles. The maximum Gasteiger partial charge on any atom is 0.0287 e. The zero-order valence-corrected chi connectivity index (χ0v) is 5.09.